The van der Waals surface area contributed by atoms with Crippen molar-refractivity contribution in [1.29, 1.82) is 0 Å². The molecule has 1 atom stereocenters. The van der Waals surface area contributed by atoms with Gasteiger partial charge in [0.1, 0.15) is 0 Å². The number of aryl methyl sites for hydroxylation is 1. The van der Waals surface area contributed by atoms with E-state index < -0.39 is 0 Å². The largest absolute Gasteiger partial charge is 0.133 e. The van der Waals surface area contributed by atoms with Crippen LogP contribution in [0.2, 0.25) is 0 Å². The molecule has 1 aromatic rings. The summed E-state index contributed by atoms with van der Waals surface area (Å²) in [5.41, 5.74) is 4.34. The van der Waals surface area contributed by atoms with Crippen LogP contribution < -0.4 is 0 Å². The molecule has 1 aliphatic rings. The van der Waals surface area contributed by atoms with Gasteiger partial charge in [-0.3, -0.25) is 0 Å². The lowest BCUT2D eigenvalue weighted by Crippen LogP contribution is -1.96. The topological polar surface area (TPSA) is 0 Å². The Labute approximate surface area is 90.4 Å². The fraction of sp³-hybridized carbons (Fsp3) is 0.385. The average molecular weight is 204 g/mol. The predicted octanol–water partition coefficient (Wildman–Crippen LogP) is 3.97. The SMILES string of the molecule is CCc1ccc(C2=CSCC2C)cc1. The van der Waals surface area contributed by atoms with Gasteiger partial charge in [0.2, 0.25) is 0 Å². The lowest BCUT2D eigenvalue weighted by atomic mass is 9.96. The van der Waals surface area contributed by atoms with Crippen molar-refractivity contribution in [2.45, 2.75) is 20.3 Å². The fourth-order valence-corrected chi connectivity index (χ4v) is 2.89. The van der Waals surface area contributed by atoms with Crippen molar-refractivity contribution in [1.82, 2.24) is 0 Å². The van der Waals surface area contributed by atoms with Gasteiger partial charge in [-0.05, 0) is 34.4 Å². The van der Waals surface area contributed by atoms with Crippen LogP contribution in [0.15, 0.2) is 29.7 Å². The van der Waals surface area contributed by atoms with E-state index in [1.165, 1.54) is 22.5 Å². The number of benzene rings is 1. The minimum Gasteiger partial charge on any atom is -0.133 e. The van der Waals surface area contributed by atoms with Gasteiger partial charge >= 0.3 is 0 Å². The van der Waals surface area contributed by atoms with Gasteiger partial charge in [-0.25, -0.2) is 0 Å². The van der Waals surface area contributed by atoms with Crippen LogP contribution in [0.3, 0.4) is 0 Å². The van der Waals surface area contributed by atoms with E-state index in [1.54, 1.807) is 0 Å². The monoisotopic (exact) mass is 204 g/mol. The van der Waals surface area contributed by atoms with Crippen molar-refractivity contribution in [2.75, 3.05) is 5.75 Å². The minimum absolute atomic E-state index is 0.715. The van der Waals surface area contributed by atoms with Crippen molar-refractivity contribution in [2.24, 2.45) is 5.92 Å². The van der Waals surface area contributed by atoms with Crippen LogP contribution in [0.1, 0.15) is 25.0 Å². The summed E-state index contributed by atoms with van der Waals surface area (Å²) in [4.78, 5) is 0. The predicted molar refractivity (Wildman–Crippen MR) is 65.4 cm³/mol. The zero-order valence-electron chi connectivity index (χ0n) is 8.79. The summed E-state index contributed by atoms with van der Waals surface area (Å²) >= 11 is 1.93. The van der Waals surface area contributed by atoms with Crippen LogP contribution >= 0.6 is 11.8 Å². The quantitative estimate of drug-likeness (QED) is 0.702. The molecule has 0 radical (unpaired) electrons. The number of allylic oxidation sites excluding steroid dienone is 1. The maximum Gasteiger partial charge on any atom is 0.00409 e. The highest BCUT2D eigenvalue weighted by Gasteiger charge is 2.15. The lowest BCUT2D eigenvalue weighted by molar-refractivity contribution is 0.883. The third kappa shape index (κ3) is 1.88. The van der Waals surface area contributed by atoms with Gasteiger partial charge in [-0.2, -0.15) is 0 Å². The fourth-order valence-electron chi connectivity index (χ4n) is 1.77. The van der Waals surface area contributed by atoms with Crippen LogP contribution in [0.4, 0.5) is 0 Å². The van der Waals surface area contributed by atoms with E-state index in [4.69, 9.17) is 0 Å². The molecule has 0 aromatic heterocycles. The molecule has 1 heterocycles. The second-order valence-electron chi connectivity index (χ2n) is 3.86. The maximum atomic E-state index is 2.31. The van der Waals surface area contributed by atoms with E-state index in [-0.39, 0.29) is 0 Å². The molecule has 0 nitrogen and oxygen atoms in total. The Bertz CT molecular complexity index is 335. The normalized spacial score (nSPS) is 21.0. The van der Waals surface area contributed by atoms with Gasteiger partial charge in [0.05, 0.1) is 0 Å². The van der Waals surface area contributed by atoms with E-state index in [9.17, 15) is 0 Å². The van der Waals surface area contributed by atoms with Crippen LogP contribution in [0, 0.1) is 5.92 Å². The highest BCUT2D eigenvalue weighted by molar-refractivity contribution is 8.02. The molecular weight excluding hydrogens is 188 g/mol. The average Bonchev–Trinajstić information content (AvgIpc) is 2.65. The molecule has 1 heteroatoms. The molecule has 0 bridgehead atoms. The van der Waals surface area contributed by atoms with Crippen molar-refractivity contribution < 1.29 is 0 Å². The minimum atomic E-state index is 0.715. The number of hydrogen-bond acceptors (Lipinski definition) is 1. The first-order valence-corrected chi connectivity index (χ1v) is 6.27. The molecular formula is C13H16S. The molecule has 1 aromatic carbocycles. The zero-order valence-corrected chi connectivity index (χ0v) is 9.60. The second kappa shape index (κ2) is 4.22. The Morgan fingerprint density at radius 3 is 2.50 bits per heavy atom. The van der Waals surface area contributed by atoms with Crippen molar-refractivity contribution >= 4 is 17.3 Å². The van der Waals surface area contributed by atoms with Crippen LogP contribution in [0.5, 0.6) is 0 Å². The van der Waals surface area contributed by atoms with E-state index in [1.807, 2.05) is 11.8 Å². The molecule has 0 saturated heterocycles. The molecule has 0 fully saturated rings. The molecule has 0 N–H and O–H groups in total. The maximum absolute atomic E-state index is 2.31. The summed E-state index contributed by atoms with van der Waals surface area (Å²) in [6.45, 7) is 4.50. The number of hydrogen-bond donors (Lipinski definition) is 0. The van der Waals surface area contributed by atoms with Gasteiger partial charge in [0.15, 0.2) is 0 Å². The Kier molecular flexibility index (Phi) is 2.97. The first kappa shape index (κ1) is 9.85. The van der Waals surface area contributed by atoms with Gasteiger partial charge in [0, 0.05) is 5.75 Å². The molecule has 14 heavy (non-hydrogen) atoms. The molecule has 0 aliphatic carbocycles. The van der Waals surface area contributed by atoms with Crippen LogP contribution in [-0.2, 0) is 6.42 Å². The van der Waals surface area contributed by atoms with Gasteiger partial charge in [-0.15, -0.1) is 11.8 Å². The first-order valence-electron chi connectivity index (χ1n) is 5.22. The summed E-state index contributed by atoms with van der Waals surface area (Å²) in [5.74, 6) is 1.96. The summed E-state index contributed by atoms with van der Waals surface area (Å²) in [6, 6.07) is 9.00. The Morgan fingerprint density at radius 1 is 1.29 bits per heavy atom. The number of rotatable bonds is 2. The summed E-state index contributed by atoms with van der Waals surface area (Å²) in [5, 5.41) is 2.31. The molecule has 0 amide bonds. The third-order valence-electron chi connectivity index (χ3n) is 2.78. The highest BCUT2D eigenvalue weighted by atomic mass is 32.2. The Morgan fingerprint density at radius 2 is 2.00 bits per heavy atom. The molecule has 2 rings (SSSR count). The summed E-state index contributed by atoms with van der Waals surface area (Å²) < 4.78 is 0. The highest BCUT2D eigenvalue weighted by Crippen LogP contribution is 2.35. The molecule has 0 spiro atoms. The van der Waals surface area contributed by atoms with Gasteiger partial charge in [0.25, 0.3) is 0 Å². The molecule has 1 aliphatic heterocycles. The van der Waals surface area contributed by atoms with Gasteiger partial charge in [-0.1, -0.05) is 38.1 Å². The van der Waals surface area contributed by atoms with Crippen LogP contribution in [-0.4, -0.2) is 5.75 Å². The third-order valence-corrected chi connectivity index (χ3v) is 3.90. The van der Waals surface area contributed by atoms with Crippen LogP contribution in [0.25, 0.3) is 5.57 Å². The van der Waals surface area contributed by atoms with E-state index >= 15 is 0 Å². The molecule has 1 unspecified atom stereocenters. The smallest absolute Gasteiger partial charge is 0.00409 e. The van der Waals surface area contributed by atoms with Crippen molar-refractivity contribution in [3.63, 3.8) is 0 Å². The van der Waals surface area contributed by atoms with Crippen molar-refractivity contribution in [3.8, 4) is 0 Å². The summed E-state index contributed by atoms with van der Waals surface area (Å²) in [7, 11) is 0. The molecule has 74 valence electrons. The van der Waals surface area contributed by atoms with Gasteiger partial charge < -0.3 is 0 Å². The van der Waals surface area contributed by atoms with Crippen molar-refractivity contribution in [3.05, 3.63) is 40.8 Å². The van der Waals surface area contributed by atoms with E-state index in [0.717, 1.165) is 6.42 Å². The summed E-state index contributed by atoms with van der Waals surface area (Å²) in [6.07, 6.45) is 1.13. The zero-order chi connectivity index (χ0) is 9.97. The Hall–Kier alpha value is -0.690. The lowest BCUT2D eigenvalue weighted by Gasteiger charge is -2.08. The first-order chi connectivity index (χ1) is 6.81. The van der Waals surface area contributed by atoms with E-state index in [0.29, 0.717) is 5.92 Å². The standard InChI is InChI=1S/C13H16S/c1-3-11-4-6-12(7-5-11)13-9-14-8-10(13)2/h4-7,9-10H,3,8H2,1-2H3. The molecule has 0 saturated carbocycles. The Balaban J connectivity index is 2.24. The number of thioether (sulfide) groups is 1. The van der Waals surface area contributed by atoms with E-state index in [2.05, 4.69) is 43.5 Å². The second-order valence-corrected chi connectivity index (χ2v) is 4.76.